The zero-order valence-corrected chi connectivity index (χ0v) is 68.3. The number of hydrogen-bond donors (Lipinski definition) is 3. The molecule has 0 saturated heterocycles. The predicted octanol–water partition coefficient (Wildman–Crippen LogP) is 24.4. The number of phosphoric ester groups is 2. The summed E-state index contributed by atoms with van der Waals surface area (Å²) in [4.78, 5) is 72.9. The molecule has 0 bridgehead atoms. The Morgan fingerprint density at radius 3 is 0.703 bits per heavy atom. The molecule has 0 aromatic rings. The zero-order chi connectivity index (χ0) is 74.6. The third-order valence-corrected chi connectivity index (χ3v) is 21.3. The molecule has 0 radical (unpaired) electrons. The maximum atomic E-state index is 13.1. The molecule has 101 heavy (non-hydrogen) atoms. The summed E-state index contributed by atoms with van der Waals surface area (Å²) in [6.45, 7) is 14.2. The van der Waals surface area contributed by atoms with Crippen molar-refractivity contribution in [3.05, 3.63) is 0 Å². The quantitative estimate of drug-likeness (QED) is 0.0222. The monoisotopic (exact) mass is 1480 g/mol. The Hall–Kier alpha value is -1.94. The van der Waals surface area contributed by atoms with E-state index in [1.807, 2.05) is 0 Å². The van der Waals surface area contributed by atoms with E-state index in [0.29, 0.717) is 37.5 Å². The standard InChI is InChI=1S/C82H160O17P2/c1-9-75(8)61-53-45-35-31-27-23-19-15-11-13-17-21-25-29-33-37-48-56-64-81(86)98-77(68-92-79(84)62-54-46-36-32-28-24-20-16-12-10-14-18-22-26-30-34-42-50-58-72(2)3)70-96-100(88,89)94-66-76(83)67-95-101(90,91)97-71-78(99-82(87)65-57-49-41-39-44-52-60-74(6)7)69-93-80(85)63-55-47-40-38-43-51-59-73(4)5/h72-78,83H,9-71H2,1-8H3,(H,88,89)(H,90,91)/t75?,76-,77-,78-/m1/s1. The lowest BCUT2D eigenvalue weighted by Crippen LogP contribution is -2.30. The summed E-state index contributed by atoms with van der Waals surface area (Å²) < 4.78 is 68.6. The largest absolute Gasteiger partial charge is 0.472 e. The summed E-state index contributed by atoms with van der Waals surface area (Å²) in [7, 11) is -9.92. The summed E-state index contributed by atoms with van der Waals surface area (Å²) in [6.07, 6.45) is 58.9. The fourth-order valence-corrected chi connectivity index (χ4v) is 14.2. The number of carbonyl (C=O) groups is 4. The van der Waals surface area contributed by atoms with E-state index >= 15 is 0 Å². The molecule has 3 N–H and O–H groups in total. The highest BCUT2D eigenvalue weighted by Crippen LogP contribution is 2.45. The van der Waals surface area contributed by atoms with Crippen LogP contribution in [0.2, 0.25) is 0 Å². The van der Waals surface area contributed by atoms with E-state index in [0.717, 1.165) is 108 Å². The second-order valence-corrected chi connectivity index (χ2v) is 34.1. The van der Waals surface area contributed by atoms with E-state index in [1.165, 1.54) is 218 Å². The molecule has 6 atom stereocenters. The average molecular weight is 1480 g/mol. The molecule has 0 spiro atoms. The van der Waals surface area contributed by atoms with Gasteiger partial charge in [-0.05, 0) is 49.4 Å². The van der Waals surface area contributed by atoms with Crippen molar-refractivity contribution in [1.82, 2.24) is 0 Å². The molecule has 19 heteroatoms. The van der Waals surface area contributed by atoms with Crippen LogP contribution in [0.5, 0.6) is 0 Å². The van der Waals surface area contributed by atoms with Gasteiger partial charge in [0, 0.05) is 25.7 Å². The van der Waals surface area contributed by atoms with Crippen LogP contribution in [-0.4, -0.2) is 96.7 Å². The zero-order valence-electron chi connectivity index (χ0n) is 66.5. The summed E-state index contributed by atoms with van der Waals surface area (Å²) in [6, 6.07) is 0. The molecule has 0 amide bonds. The lowest BCUT2D eigenvalue weighted by molar-refractivity contribution is -0.161. The highest BCUT2D eigenvalue weighted by atomic mass is 31.2. The molecular formula is C82H160O17P2. The van der Waals surface area contributed by atoms with Crippen LogP contribution in [0.3, 0.4) is 0 Å². The van der Waals surface area contributed by atoms with Crippen LogP contribution in [0, 0.1) is 23.7 Å². The molecule has 0 fully saturated rings. The summed E-state index contributed by atoms with van der Waals surface area (Å²) >= 11 is 0. The molecule has 0 heterocycles. The van der Waals surface area contributed by atoms with Gasteiger partial charge in [0.05, 0.1) is 26.4 Å². The van der Waals surface area contributed by atoms with Gasteiger partial charge in [-0.25, -0.2) is 9.13 Å². The summed E-state index contributed by atoms with van der Waals surface area (Å²) in [5.74, 6) is 0.921. The lowest BCUT2D eigenvalue weighted by atomic mass is 9.99. The van der Waals surface area contributed by atoms with Crippen LogP contribution in [0.1, 0.15) is 421 Å². The molecule has 0 saturated carbocycles. The summed E-state index contributed by atoms with van der Waals surface area (Å²) in [5, 5.41) is 10.6. The molecule has 0 aromatic heterocycles. The van der Waals surface area contributed by atoms with E-state index in [4.69, 9.17) is 37.0 Å². The van der Waals surface area contributed by atoms with Gasteiger partial charge >= 0.3 is 39.5 Å². The van der Waals surface area contributed by atoms with Gasteiger partial charge in [-0.15, -0.1) is 0 Å². The lowest BCUT2D eigenvalue weighted by Gasteiger charge is -2.21. The normalized spacial score (nSPS) is 14.3. The van der Waals surface area contributed by atoms with Crippen molar-refractivity contribution in [3.8, 4) is 0 Å². The predicted molar refractivity (Wildman–Crippen MR) is 414 cm³/mol. The van der Waals surface area contributed by atoms with Crippen molar-refractivity contribution in [3.63, 3.8) is 0 Å². The molecule has 0 aliphatic carbocycles. The minimum absolute atomic E-state index is 0.101. The molecule has 3 unspecified atom stereocenters. The Morgan fingerprint density at radius 1 is 0.277 bits per heavy atom. The maximum absolute atomic E-state index is 13.1. The number of rotatable bonds is 79. The first-order valence-corrected chi connectivity index (χ1v) is 45.2. The van der Waals surface area contributed by atoms with E-state index < -0.39 is 97.5 Å². The Balaban J connectivity index is 5.15. The third kappa shape index (κ3) is 74.7. The number of hydrogen-bond acceptors (Lipinski definition) is 15. The van der Waals surface area contributed by atoms with Gasteiger partial charge in [-0.3, -0.25) is 37.3 Å². The van der Waals surface area contributed by atoms with Crippen LogP contribution in [-0.2, 0) is 65.4 Å². The first-order chi connectivity index (χ1) is 48.6. The number of carbonyl (C=O) groups excluding carboxylic acids is 4. The Labute approximate surface area is 619 Å². The van der Waals surface area contributed by atoms with Gasteiger partial charge < -0.3 is 33.8 Å². The topological polar surface area (TPSA) is 237 Å². The first-order valence-electron chi connectivity index (χ1n) is 42.2. The molecule has 600 valence electrons. The smallest absolute Gasteiger partial charge is 0.462 e. The van der Waals surface area contributed by atoms with E-state index in [9.17, 15) is 43.2 Å². The minimum atomic E-state index is -4.96. The van der Waals surface area contributed by atoms with Crippen molar-refractivity contribution in [2.24, 2.45) is 23.7 Å². The second-order valence-electron chi connectivity index (χ2n) is 31.2. The fourth-order valence-electron chi connectivity index (χ4n) is 12.6. The van der Waals surface area contributed by atoms with E-state index in [2.05, 4.69) is 55.4 Å². The highest BCUT2D eigenvalue weighted by molar-refractivity contribution is 7.47. The summed E-state index contributed by atoms with van der Waals surface area (Å²) in [5.41, 5.74) is 0. The minimum Gasteiger partial charge on any atom is -0.462 e. The van der Waals surface area contributed by atoms with Crippen molar-refractivity contribution < 1.29 is 80.2 Å². The number of ether oxygens (including phenoxy) is 4. The number of aliphatic hydroxyl groups is 1. The Kier molecular flexibility index (Phi) is 69.6. The number of phosphoric acid groups is 2. The number of esters is 4. The van der Waals surface area contributed by atoms with Crippen LogP contribution in [0.25, 0.3) is 0 Å². The first kappa shape index (κ1) is 99.1. The van der Waals surface area contributed by atoms with Crippen LogP contribution >= 0.6 is 15.6 Å². The fraction of sp³-hybridized carbons (Fsp3) is 0.951. The van der Waals surface area contributed by atoms with Crippen LogP contribution in [0.4, 0.5) is 0 Å². The molecule has 0 rings (SSSR count). The van der Waals surface area contributed by atoms with Crippen LogP contribution < -0.4 is 0 Å². The Morgan fingerprint density at radius 2 is 0.475 bits per heavy atom. The molecule has 0 aliphatic rings. The third-order valence-electron chi connectivity index (χ3n) is 19.4. The molecule has 17 nitrogen and oxygen atoms in total. The van der Waals surface area contributed by atoms with Gasteiger partial charge in [0.15, 0.2) is 12.2 Å². The second kappa shape index (κ2) is 71.0. The van der Waals surface area contributed by atoms with Crippen LogP contribution in [0.15, 0.2) is 0 Å². The van der Waals surface area contributed by atoms with Crippen molar-refractivity contribution in [2.75, 3.05) is 39.6 Å². The van der Waals surface area contributed by atoms with Crippen molar-refractivity contribution >= 4 is 39.5 Å². The van der Waals surface area contributed by atoms with Gasteiger partial charge in [-0.1, -0.05) is 370 Å². The van der Waals surface area contributed by atoms with Gasteiger partial charge in [0.2, 0.25) is 0 Å². The van der Waals surface area contributed by atoms with Gasteiger partial charge in [0.1, 0.15) is 19.3 Å². The van der Waals surface area contributed by atoms with Gasteiger partial charge in [-0.2, -0.15) is 0 Å². The molecular weight excluding hydrogens is 1320 g/mol. The SMILES string of the molecule is CCC(C)CCCCCCCCCCCCCCCCCCCCC(=O)O[C@H](COC(=O)CCCCCCCCCCCCCCCCCCCCC(C)C)COP(=O)(O)OC[C@@H](O)COP(=O)(O)OC[C@@H](COC(=O)CCCCCCCCC(C)C)OC(=O)CCCCCCCCC(C)C. The Bertz CT molecular complexity index is 1970. The van der Waals surface area contributed by atoms with Crippen molar-refractivity contribution in [2.45, 2.75) is 440 Å². The van der Waals surface area contributed by atoms with E-state index in [1.54, 1.807) is 0 Å². The molecule has 0 aromatic carbocycles. The highest BCUT2D eigenvalue weighted by Gasteiger charge is 2.30. The van der Waals surface area contributed by atoms with E-state index in [-0.39, 0.29) is 25.7 Å². The maximum Gasteiger partial charge on any atom is 0.472 e. The van der Waals surface area contributed by atoms with Gasteiger partial charge in [0.25, 0.3) is 0 Å². The number of unbranched alkanes of at least 4 members (excludes halogenated alkanes) is 44. The van der Waals surface area contributed by atoms with Crippen molar-refractivity contribution in [1.29, 1.82) is 0 Å². The molecule has 0 aliphatic heterocycles. The number of aliphatic hydroxyl groups excluding tert-OH is 1. The average Bonchev–Trinajstić information content (AvgIpc) is 1.19.